The zero-order valence-electron chi connectivity index (χ0n) is 16.7. The van der Waals surface area contributed by atoms with E-state index in [0.29, 0.717) is 37.3 Å². The summed E-state index contributed by atoms with van der Waals surface area (Å²) in [5.74, 6) is 3.65. The molecule has 0 radical (unpaired) electrons. The van der Waals surface area contributed by atoms with Crippen molar-refractivity contribution in [3.63, 3.8) is 0 Å². The third-order valence-electron chi connectivity index (χ3n) is 7.37. The highest BCUT2D eigenvalue weighted by Gasteiger charge is 2.54. The highest BCUT2D eigenvalue weighted by Crippen LogP contribution is 2.48. The van der Waals surface area contributed by atoms with Gasteiger partial charge >= 0.3 is 0 Å². The number of benzene rings is 1. The number of carbonyl (C=O) groups excluding carboxylic acids is 1. The lowest BCUT2D eigenvalue weighted by Gasteiger charge is -2.51. The Kier molecular flexibility index (Phi) is 3.88. The van der Waals surface area contributed by atoms with Crippen molar-refractivity contribution < 1.29 is 14.3 Å². The Morgan fingerprint density at radius 2 is 2.00 bits per heavy atom. The van der Waals surface area contributed by atoms with Gasteiger partial charge < -0.3 is 18.9 Å². The molecule has 1 aromatic heterocycles. The molecule has 4 fully saturated rings. The van der Waals surface area contributed by atoms with Gasteiger partial charge in [0.15, 0.2) is 11.5 Å². The molecule has 7 rings (SSSR count). The number of hydrogen-bond acceptors (Lipinski definition) is 5. The topological polar surface area (TPSA) is 59.8 Å². The molecule has 1 aromatic carbocycles. The van der Waals surface area contributed by atoms with Crippen molar-refractivity contribution >= 4 is 5.91 Å². The number of piperidine rings is 3. The van der Waals surface area contributed by atoms with Crippen LogP contribution >= 0.6 is 0 Å². The fourth-order valence-electron chi connectivity index (χ4n) is 5.95. The van der Waals surface area contributed by atoms with Crippen LogP contribution in [-0.2, 0) is 11.3 Å². The average molecular weight is 394 g/mol. The quantitative estimate of drug-likeness (QED) is 0.797. The molecule has 4 saturated heterocycles. The smallest absolute Gasteiger partial charge is 0.242 e. The number of carbonyl (C=O) groups is 1. The lowest BCUT2D eigenvalue weighted by atomic mass is 9.75. The van der Waals surface area contributed by atoms with E-state index in [1.54, 1.807) is 6.20 Å². The van der Waals surface area contributed by atoms with Crippen LogP contribution in [0, 0.1) is 12.8 Å². The summed E-state index contributed by atoms with van der Waals surface area (Å²) in [5, 5.41) is 0. The Labute approximate surface area is 170 Å². The monoisotopic (exact) mass is 394 g/mol. The van der Waals surface area contributed by atoms with Crippen molar-refractivity contribution in [3.05, 3.63) is 42.0 Å². The standard InChI is InChI=1S/C22H26N4O3/c1-14-23-6-9-25(14)12-20(27)26-11-17(16-2-3-18-19(10-16)29-13-28-18)22-21(26)15-4-7-24(22)8-5-15/h2-3,6,9-10,15,17,21-22H,4-5,7-8,11-13H2,1H3/t17-,21+,22+/m0/s1. The summed E-state index contributed by atoms with van der Waals surface area (Å²) in [6, 6.07) is 7.01. The maximum atomic E-state index is 13.4. The van der Waals surface area contributed by atoms with Gasteiger partial charge in [-0.05, 0) is 56.5 Å². The number of imidazole rings is 1. The number of fused-ring (bicyclic) bond motifs is 3. The van der Waals surface area contributed by atoms with Crippen LogP contribution < -0.4 is 9.47 Å². The van der Waals surface area contributed by atoms with Crippen LogP contribution in [0.4, 0.5) is 0 Å². The van der Waals surface area contributed by atoms with Gasteiger partial charge in [-0.25, -0.2) is 4.98 Å². The predicted octanol–water partition coefficient (Wildman–Crippen LogP) is 2.01. The fourth-order valence-corrected chi connectivity index (χ4v) is 5.95. The van der Waals surface area contributed by atoms with Crippen molar-refractivity contribution in [3.8, 4) is 11.5 Å². The Hall–Kier alpha value is -2.54. The first-order valence-electron chi connectivity index (χ1n) is 10.6. The van der Waals surface area contributed by atoms with Gasteiger partial charge in [-0.2, -0.15) is 0 Å². The first-order chi connectivity index (χ1) is 14.2. The summed E-state index contributed by atoms with van der Waals surface area (Å²) in [4.78, 5) is 22.4. The van der Waals surface area contributed by atoms with Gasteiger partial charge in [0.25, 0.3) is 0 Å². The van der Waals surface area contributed by atoms with Crippen LogP contribution in [-0.4, -0.2) is 63.8 Å². The van der Waals surface area contributed by atoms with Crippen molar-refractivity contribution in [1.82, 2.24) is 19.4 Å². The lowest BCUT2D eigenvalue weighted by Crippen LogP contribution is -2.61. The zero-order chi connectivity index (χ0) is 19.5. The van der Waals surface area contributed by atoms with Gasteiger partial charge in [0.05, 0.1) is 6.04 Å². The van der Waals surface area contributed by atoms with E-state index in [9.17, 15) is 4.79 Å². The number of aromatic nitrogens is 2. The largest absolute Gasteiger partial charge is 0.454 e. The molecule has 0 N–H and O–H groups in total. The van der Waals surface area contributed by atoms with Crippen LogP contribution in [0.5, 0.6) is 11.5 Å². The summed E-state index contributed by atoms with van der Waals surface area (Å²) >= 11 is 0. The maximum absolute atomic E-state index is 13.4. The van der Waals surface area contributed by atoms with Gasteiger partial charge in [-0.15, -0.1) is 0 Å². The van der Waals surface area contributed by atoms with Gasteiger partial charge in [-0.1, -0.05) is 6.07 Å². The number of nitrogens with zero attached hydrogens (tertiary/aromatic N) is 4. The Balaban J connectivity index is 1.33. The van der Waals surface area contributed by atoms with Crippen molar-refractivity contribution in [2.75, 3.05) is 26.4 Å². The van der Waals surface area contributed by atoms with Gasteiger partial charge in [0.2, 0.25) is 12.7 Å². The molecule has 7 nitrogen and oxygen atoms in total. The van der Waals surface area contributed by atoms with E-state index in [1.807, 2.05) is 23.8 Å². The molecule has 0 saturated carbocycles. The van der Waals surface area contributed by atoms with Crippen molar-refractivity contribution in [2.45, 2.75) is 44.3 Å². The summed E-state index contributed by atoms with van der Waals surface area (Å²) in [6.45, 7) is 5.68. The minimum atomic E-state index is 0.207. The van der Waals surface area contributed by atoms with E-state index in [4.69, 9.17) is 9.47 Å². The Bertz CT molecular complexity index is 949. The maximum Gasteiger partial charge on any atom is 0.242 e. The Morgan fingerprint density at radius 1 is 1.17 bits per heavy atom. The number of aryl methyl sites for hydroxylation is 1. The minimum absolute atomic E-state index is 0.207. The first kappa shape index (κ1) is 17.3. The molecule has 7 heteroatoms. The molecule has 0 unspecified atom stereocenters. The second-order valence-corrected chi connectivity index (χ2v) is 8.72. The van der Waals surface area contributed by atoms with Crippen LogP contribution in [0.2, 0.25) is 0 Å². The van der Waals surface area contributed by atoms with E-state index < -0.39 is 0 Å². The minimum Gasteiger partial charge on any atom is -0.454 e. The molecule has 2 bridgehead atoms. The second kappa shape index (κ2) is 6.49. The van der Waals surface area contributed by atoms with Crippen molar-refractivity contribution in [1.29, 1.82) is 0 Å². The highest BCUT2D eigenvalue weighted by molar-refractivity contribution is 5.77. The number of hydrogen-bond donors (Lipinski definition) is 0. The van der Waals surface area contributed by atoms with Crippen LogP contribution in [0.25, 0.3) is 0 Å². The van der Waals surface area contributed by atoms with E-state index in [-0.39, 0.29) is 5.91 Å². The molecule has 0 aliphatic carbocycles. The molecule has 2 aromatic rings. The number of amides is 1. The van der Waals surface area contributed by atoms with Crippen LogP contribution in [0.1, 0.15) is 30.1 Å². The fraction of sp³-hybridized carbons (Fsp3) is 0.545. The molecule has 5 aliphatic rings. The van der Waals surface area contributed by atoms with E-state index in [1.165, 1.54) is 18.4 Å². The number of rotatable bonds is 3. The molecule has 1 amide bonds. The van der Waals surface area contributed by atoms with Gasteiger partial charge in [-0.3, -0.25) is 9.69 Å². The zero-order valence-corrected chi connectivity index (χ0v) is 16.7. The molecular weight excluding hydrogens is 368 g/mol. The molecule has 0 spiro atoms. The van der Waals surface area contributed by atoms with Crippen LogP contribution in [0.3, 0.4) is 0 Å². The highest BCUT2D eigenvalue weighted by atomic mass is 16.7. The molecule has 3 atom stereocenters. The third-order valence-corrected chi connectivity index (χ3v) is 7.37. The summed E-state index contributed by atoms with van der Waals surface area (Å²) < 4.78 is 13.1. The molecule has 6 heterocycles. The molecule has 152 valence electrons. The van der Waals surface area contributed by atoms with E-state index >= 15 is 0 Å². The van der Waals surface area contributed by atoms with Gasteiger partial charge in [0.1, 0.15) is 12.4 Å². The normalized spacial score (nSPS) is 31.9. The summed E-state index contributed by atoms with van der Waals surface area (Å²) in [5.41, 5.74) is 1.26. The van der Waals surface area contributed by atoms with Crippen LogP contribution in [0.15, 0.2) is 30.6 Å². The third kappa shape index (κ3) is 2.67. The molecule has 29 heavy (non-hydrogen) atoms. The van der Waals surface area contributed by atoms with Gasteiger partial charge in [0, 0.05) is 30.9 Å². The molecular formula is C22H26N4O3. The first-order valence-corrected chi connectivity index (χ1v) is 10.6. The summed E-state index contributed by atoms with van der Waals surface area (Å²) in [7, 11) is 0. The van der Waals surface area contributed by atoms with Crippen molar-refractivity contribution in [2.24, 2.45) is 5.92 Å². The second-order valence-electron chi connectivity index (χ2n) is 8.72. The van der Waals surface area contributed by atoms with E-state index in [2.05, 4.69) is 26.9 Å². The SMILES string of the molecule is Cc1nccn1CC(=O)N1C[C@@H](c2ccc3c(c2)OCO3)[C@@H]2[C@H]1C1CCN2CC1. The Morgan fingerprint density at radius 3 is 2.79 bits per heavy atom. The molecule has 5 aliphatic heterocycles. The average Bonchev–Trinajstić information content (AvgIpc) is 3.47. The predicted molar refractivity (Wildman–Crippen MR) is 106 cm³/mol. The van der Waals surface area contributed by atoms with E-state index in [0.717, 1.165) is 37.0 Å². The summed E-state index contributed by atoms with van der Waals surface area (Å²) in [6.07, 6.45) is 6.05. The number of likely N-dealkylation sites (tertiary alicyclic amines) is 1. The number of ether oxygens (including phenoxy) is 2. The lowest BCUT2D eigenvalue weighted by molar-refractivity contribution is -0.136.